The van der Waals surface area contributed by atoms with E-state index in [4.69, 9.17) is 5.73 Å². The van der Waals surface area contributed by atoms with Gasteiger partial charge in [-0.2, -0.15) is 0 Å². The number of nitrogens with one attached hydrogen (secondary N) is 1. The summed E-state index contributed by atoms with van der Waals surface area (Å²) in [6.45, 7) is 3.67. The average molecular weight is 381 g/mol. The molecule has 1 saturated carbocycles. The molecule has 0 radical (unpaired) electrons. The third kappa shape index (κ3) is 5.56. The number of nitrogens with zero attached hydrogens (tertiary/aromatic N) is 1. The van der Waals surface area contributed by atoms with Gasteiger partial charge in [0.25, 0.3) is 5.91 Å². The van der Waals surface area contributed by atoms with Crippen LogP contribution in [0.4, 0.5) is 4.39 Å². The van der Waals surface area contributed by atoms with Crippen molar-refractivity contribution in [1.29, 1.82) is 0 Å². The number of halogens is 1. The molecule has 0 spiro atoms. The van der Waals surface area contributed by atoms with Crippen molar-refractivity contribution in [2.45, 2.75) is 23.1 Å². The van der Waals surface area contributed by atoms with Gasteiger partial charge in [0, 0.05) is 11.4 Å². The molecule has 3 rings (SSSR count). The van der Waals surface area contributed by atoms with Gasteiger partial charge in [-0.15, -0.1) is 11.8 Å². The first-order valence-electron chi connectivity index (χ1n) is 8.55. The van der Waals surface area contributed by atoms with Crippen LogP contribution in [0.25, 0.3) is 5.57 Å². The van der Waals surface area contributed by atoms with Gasteiger partial charge in [-0.3, -0.25) is 4.79 Å². The maximum absolute atomic E-state index is 13.1. The molecule has 4 nitrogen and oxygen atoms in total. The molecule has 0 unspecified atom stereocenters. The Morgan fingerprint density at radius 3 is 2.52 bits per heavy atom. The van der Waals surface area contributed by atoms with E-state index in [1.807, 2.05) is 6.07 Å². The predicted octanol–water partition coefficient (Wildman–Crippen LogP) is 4.27. The Balaban J connectivity index is 1.68. The fourth-order valence-electron chi connectivity index (χ4n) is 2.34. The summed E-state index contributed by atoms with van der Waals surface area (Å²) in [4.78, 5) is 16.7. The number of rotatable bonds is 7. The Morgan fingerprint density at radius 2 is 1.93 bits per heavy atom. The van der Waals surface area contributed by atoms with Crippen molar-refractivity contribution < 1.29 is 9.18 Å². The molecule has 0 atom stereocenters. The second kappa shape index (κ2) is 8.68. The van der Waals surface area contributed by atoms with Crippen molar-refractivity contribution >= 4 is 23.2 Å². The number of carbonyl (C=O) groups excluding carboxylic acids is 1. The van der Waals surface area contributed by atoms with Crippen LogP contribution in [0.5, 0.6) is 0 Å². The van der Waals surface area contributed by atoms with Crippen LogP contribution in [0.3, 0.4) is 0 Å². The molecule has 3 N–H and O–H groups in total. The fourth-order valence-corrected chi connectivity index (χ4v) is 3.32. The van der Waals surface area contributed by atoms with Crippen molar-refractivity contribution in [2.75, 3.05) is 0 Å². The summed E-state index contributed by atoms with van der Waals surface area (Å²) in [5.74, 6) is -0.483. The van der Waals surface area contributed by atoms with E-state index in [-0.39, 0.29) is 17.5 Å². The Labute approximate surface area is 162 Å². The number of hydrogen-bond donors (Lipinski definition) is 2. The molecule has 1 aliphatic carbocycles. The van der Waals surface area contributed by atoms with Gasteiger partial charge in [-0.25, -0.2) is 9.37 Å². The molecule has 0 aliphatic heterocycles. The summed E-state index contributed by atoms with van der Waals surface area (Å²) < 4.78 is 13.1. The quantitative estimate of drug-likeness (QED) is 0.703. The number of hydrogen-bond acceptors (Lipinski definition) is 4. The van der Waals surface area contributed by atoms with Crippen molar-refractivity contribution in [2.24, 2.45) is 5.73 Å². The molecular formula is C21H20FN3OS. The lowest BCUT2D eigenvalue weighted by Crippen LogP contribution is -2.27. The van der Waals surface area contributed by atoms with Gasteiger partial charge in [0.15, 0.2) is 0 Å². The molecule has 2 aromatic rings. The molecule has 1 heterocycles. The number of benzene rings is 1. The SMILES string of the molecule is C=C/C=C(\C=C(/N)NC(=O)c1ccc(SC2CC2)nc1)c1ccc(F)cc1. The van der Waals surface area contributed by atoms with E-state index in [0.717, 1.165) is 10.6 Å². The van der Waals surface area contributed by atoms with Crippen LogP contribution in [0.15, 0.2) is 78.2 Å². The normalized spacial score (nSPS) is 14.7. The monoisotopic (exact) mass is 381 g/mol. The minimum Gasteiger partial charge on any atom is -0.385 e. The minimum atomic E-state index is -0.337. The van der Waals surface area contributed by atoms with E-state index in [1.165, 1.54) is 25.0 Å². The highest BCUT2D eigenvalue weighted by atomic mass is 32.2. The van der Waals surface area contributed by atoms with Crippen LogP contribution in [0, 0.1) is 5.82 Å². The lowest BCUT2D eigenvalue weighted by atomic mass is 10.0. The topological polar surface area (TPSA) is 68.0 Å². The van der Waals surface area contributed by atoms with Crippen LogP contribution >= 0.6 is 11.8 Å². The van der Waals surface area contributed by atoms with Crippen molar-refractivity contribution in [3.63, 3.8) is 0 Å². The van der Waals surface area contributed by atoms with Crippen LogP contribution in [0.1, 0.15) is 28.8 Å². The molecule has 1 aromatic heterocycles. The zero-order valence-corrected chi connectivity index (χ0v) is 15.5. The predicted molar refractivity (Wildman–Crippen MR) is 107 cm³/mol. The molecule has 1 amide bonds. The maximum Gasteiger partial charge on any atom is 0.258 e. The van der Waals surface area contributed by atoms with E-state index in [1.54, 1.807) is 54.4 Å². The highest BCUT2D eigenvalue weighted by molar-refractivity contribution is 8.00. The molecular weight excluding hydrogens is 361 g/mol. The summed E-state index contributed by atoms with van der Waals surface area (Å²) >= 11 is 1.73. The molecule has 1 aromatic carbocycles. The van der Waals surface area contributed by atoms with E-state index in [0.29, 0.717) is 16.4 Å². The number of nitrogens with two attached hydrogens (primary N) is 1. The lowest BCUT2D eigenvalue weighted by Gasteiger charge is -2.08. The van der Waals surface area contributed by atoms with Crippen LogP contribution < -0.4 is 11.1 Å². The summed E-state index contributed by atoms with van der Waals surface area (Å²) in [7, 11) is 0. The smallest absolute Gasteiger partial charge is 0.258 e. The standard InChI is InChI=1S/C21H20FN3OS/c1-2-3-15(14-4-7-17(22)8-5-14)12-19(23)25-21(26)16-6-11-20(24-13-16)27-18-9-10-18/h2-8,11-13,18H,1,9-10,23H2,(H,25,26)/b15-3+,19-12+. The maximum atomic E-state index is 13.1. The zero-order valence-electron chi connectivity index (χ0n) is 14.7. The molecule has 1 fully saturated rings. The average Bonchev–Trinajstić information content (AvgIpc) is 3.46. The van der Waals surface area contributed by atoms with E-state index < -0.39 is 0 Å². The first-order chi connectivity index (χ1) is 13.0. The first-order valence-corrected chi connectivity index (χ1v) is 9.43. The second-order valence-corrected chi connectivity index (χ2v) is 7.44. The van der Waals surface area contributed by atoms with Gasteiger partial charge in [0.1, 0.15) is 11.6 Å². The Kier molecular flexibility index (Phi) is 6.08. The summed E-state index contributed by atoms with van der Waals surface area (Å²) in [6, 6.07) is 9.58. The van der Waals surface area contributed by atoms with Crippen molar-refractivity contribution in [3.05, 3.63) is 90.2 Å². The highest BCUT2D eigenvalue weighted by Gasteiger charge is 2.23. The largest absolute Gasteiger partial charge is 0.385 e. The number of allylic oxidation sites excluding steroid dienone is 4. The summed E-state index contributed by atoms with van der Waals surface area (Å²) in [6.07, 6.45) is 8.95. The van der Waals surface area contributed by atoms with Crippen LogP contribution in [-0.4, -0.2) is 16.1 Å². The van der Waals surface area contributed by atoms with Gasteiger partial charge in [-0.05, 0) is 54.3 Å². The van der Waals surface area contributed by atoms with Gasteiger partial charge >= 0.3 is 0 Å². The third-order valence-electron chi connectivity index (χ3n) is 3.85. The van der Waals surface area contributed by atoms with E-state index in [2.05, 4.69) is 16.9 Å². The molecule has 1 aliphatic rings. The number of amides is 1. The van der Waals surface area contributed by atoms with Gasteiger partial charge < -0.3 is 11.1 Å². The van der Waals surface area contributed by atoms with E-state index >= 15 is 0 Å². The molecule has 0 saturated heterocycles. The number of thioether (sulfide) groups is 1. The van der Waals surface area contributed by atoms with E-state index in [9.17, 15) is 9.18 Å². The molecule has 138 valence electrons. The number of pyridine rings is 1. The van der Waals surface area contributed by atoms with Crippen LogP contribution in [0.2, 0.25) is 0 Å². The summed E-state index contributed by atoms with van der Waals surface area (Å²) in [5.41, 5.74) is 7.87. The van der Waals surface area contributed by atoms with Crippen molar-refractivity contribution in [1.82, 2.24) is 10.3 Å². The molecule has 0 bridgehead atoms. The molecule has 27 heavy (non-hydrogen) atoms. The Morgan fingerprint density at radius 1 is 1.22 bits per heavy atom. The lowest BCUT2D eigenvalue weighted by molar-refractivity contribution is 0.0965. The van der Waals surface area contributed by atoms with Gasteiger partial charge in [0.05, 0.1) is 10.6 Å². The second-order valence-electron chi connectivity index (χ2n) is 6.12. The first kappa shape index (κ1) is 18.9. The number of carbonyl (C=O) groups is 1. The highest BCUT2D eigenvalue weighted by Crippen LogP contribution is 2.38. The minimum absolute atomic E-state index is 0.175. The Hall–Kier alpha value is -2.86. The van der Waals surface area contributed by atoms with Gasteiger partial charge in [-0.1, -0.05) is 30.9 Å². The van der Waals surface area contributed by atoms with Crippen molar-refractivity contribution in [3.8, 4) is 0 Å². The number of aromatic nitrogens is 1. The van der Waals surface area contributed by atoms with Crippen LogP contribution in [-0.2, 0) is 0 Å². The zero-order chi connectivity index (χ0) is 19.2. The van der Waals surface area contributed by atoms with Gasteiger partial charge in [0.2, 0.25) is 0 Å². The fraction of sp³-hybridized carbons (Fsp3) is 0.143. The summed E-state index contributed by atoms with van der Waals surface area (Å²) in [5, 5.41) is 4.23. The third-order valence-corrected chi connectivity index (χ3v) is 5.14. The molecule has 6 heteroatoms. The Bertz CT molecular complexity index is 885.